The van der Waals surface area contributed by atoms with E-state index in [9.17, 15) is 4.79 Å². The zero-order valence-electron chi connectivity index (χ0n) is 13.0. The summed E-state index contributed by atoms with van der Waals surface area (Å²) in [6.07, 6.45) is 9.29. The van der Waals surface area contributed by atoms with Crippen LogP contribution in [0.25, 0.3) is 11.5 Å². The topological polar surface area (TPSA) is 72.1 Å². The van der Waals surface area contributed by atoms with Gasteiger partial charge in [0.2, 0.25) is 11.8 Å². The zero-order valence-corrected chi connectivity index (χ0v) is 13.8. The van der Waals surface area contributed by atoms with Gasteiger partial charge in [0.05, 0.1) is 11.3 Å². The van der Waals surface area contributed by atoms with Crippen molar-refractivity contribution in [2.24, 2.45) is 0 Å². The van der Waals surface area contributed by atoms with Crippen molar-refractivity contribution in [3.8, 4) is 11.5 Å². The summed E-state index contributed by atoms with van der Waals surface area (Å²) < 4.78 is 5.58. The minimum Gasteiger partial charge on any atom is -0.411 e. The molecule has 3 heterocycles. The van der Waals surface area contributed by atoms with E-state index in [2.05, 4.69) is 15.2 Å². The van der Waals surface area contributed by atoms with Crippen LogP contribution in [0.15, 0.2) is 34.2 Å². The molecule has 0 saturated carbocycles. The summed E-state index contributed by atoms with van der Waals surface area (Å²) in [7, 11) is 0. The highest BCUT2D eigenvalue weighted by Crippen LogP contribution is 2.23. The van der Waals surface area contributed by atoms with E-state index in [0.717, 1.165) is 31.5 Å². The molecule has 1 saturated heterocycles. The van der Waals surface area contributed by atoms with Crippen molar-refractivity contribution in [1.82, 2.24) is 20.1 Å². The van der Waals surface area contributed by atoms with Gasteiger partial charge in [0.25, 0.3) is 5.22 Å². The molecule has 0 unspecified atom stereocenters. The van der Waals surface area contributed by atoms with Crippen LogP contribution in [0.2, 0.25) is 0 Å². The fourth-order valence-corrected chi connectivity index (χ4v) is 3.25. The summed E-state index contributed by atoms with van der Waals surface area (Å²) in [6, 6.07) is 3.68. The number of pyridine rings is 1. The van der Waals surface area contributed by atoms with E-state index < -0.39 is 0 Å². The number of hydrogen-bond acceptors (Lipinski definition) is 6. The Hall–Kier alpha value is -1.89. The first kappa shape index (κ1) is 16.0. The minimum absolute atomic E-state index is 0.151. The molecule has 2 aromatic rings. The van der Waals surface area contributed by atoms with Gasteiger partial charge >= 0.3 is 0 Å². The highest BCUT2D eigenvalue weighted by molar-refractivity contribution is 7.99. The van der Waals surface area contributed by atoms with Crippen LogP contribution >= 0.6 is 11.8 Å². The molecule has 0 atom stereocenters. The van der Waals surface area contributed by atoms with Crippen molar-refractivity contribution in [2.45, 2.75) is 37.3 Å². The number of likely N-dealkylation sites (tertiary alicyclic amines) is 1. The number of aromatic nitrogens is 3. The number of thioether (sulfide) groups is 1. The van der Waals surface area contributed by atoms with Gasteiger partial charge in [-0.05, 0) is 25.0 Å². The van der Waals surface area contributed by atoms with Crippen molar-refractivity contribution < 1.29 is 9.21 Å². The van der Waals surface area contributed by atoms with Crippen molar-refractivity contribution in [3.05, 3.63) is 24.5 Å². The molecule has 0 radical (unpaired) electrons. The lowest BCUT2D eigenvalue weighted by atomic mass is 10.1. The maximum atomic E-state index is 12.3. The lowest BCUT2D eigenvalue weighted by Crippen LogP contribution is -2.35. The zero-order chi connectivity index (χ0) is 15.9. The molecule has 1 fully saturated rings. The number of carbonyl (C=O) groups excluding carboxylic acids is 1. The first-order valence-electron chi connectivity index (χ1n) is 7.97. The Labute approximate surface area is 139 Å². The van der Waals surface area contributed by atoms with Gasteiger partial charge in [-0.1, -0.05) is 31.0 Å². The van der Waals surface area contributed by atoms with Crippen LogP contribution in [-0.2, 0) is 4.79 Å². The lowest BCUT2D eigenvalue weighted by molar-refractivity contribution is -0.128. The van der Waals surface area contributed by atoms with Gasteiger partial charge in [-0.3, -0.25) is 9.78 Å². The number of carbonyl (C=O) groups is 1. The second-order valence-electron chi connectivity index (χ2n) is 5.55. The molecule has 7 heteroatoms. The van der Waals surface area contributed by atoms with Crippen LogP contribution in [0.4, 0.5) is 0 Å². The number of amides is 1. The van der Waals surface area contributed by atoms with Crippen molar-refractivity contribution in [2.75, 3.05) is 18.8 Å². The summed E-state index contributed by atoms with van der Waals surface area (Å²) in [5.74, 6) is 0.923. The molecule has 1 aliphatic heterocycles. The summed E-state index contributed by atoms with van der Waals surface area (Å²) in [5.41, 5.74) is 0.780. The predicted molar refractivity (Wildman–Crippen MR) is 87.9 cm³/mol. The van der Waals surface area contributed by atoms with Gasteiger partial charge < -0.3 is 9.32 Å². The molecular weight excluding hydrogens is 312 g/mol. The van der Waals surface area contributed by atoms with Crippen LogP contribution in [-0.4, -0.2) is 44.8 Å². The third kappa shape index (κ3) is 4.54. The number of rotatable bonds is 4. The Balaban J connectivity index is 1.53. The predicted octanol–water partition coefficient (Wildman–Crippen LogP) is 3.02. The molecule has 2 aromatic heterocycles. The molecule has 0 bridgehead atoms. The van der Waals surface area contributed by atoms with E-state index in [1.54, 1.807) is 12.4 Å². The number of nitrogens with zero attached hydrogens (tertiary/aromatic N) is 4. The van der Waals surface area contributed by atoms with E-state index >= 15 is 0 Å². The third-order valence-electron chi connectivity index (χ3n) is 3.84. The van der Waals surface area contributed by atoms with Crippen molar-refractivity contribution in [3.63, 3.8) is 0 Å². The lowest BCUT2D eigenvalue weighted by Gasteiger charge is -2.24. The standard InChI is InChI=1S/C16H20N4O2S/c21-14(20-9-4-2-1-3-5-10-20)12-23-16-19-18-15(22-16)13-7-6-8-17-11-13/h6-8,11H,1-5,9-10,12H2. The second-order valence-corrected chi connectivity index (χ2v) is 6.48. The molecule has 0 aliphatic carbocycles. The van der Waals surface area contributed by atoms with Gasteiger partial charge in [-0.2, -0.15) is 0 Å². The van der Waals surface area contributed by atoms with Crippen LogP contribution in [0, 0.1) is 0 Å². The minimum atomic E-state index is 0.151. The maximum Gasteiger partial charge on any atom is 0.277 e. The monoisotopic (exact) mass is 332 g/mol. The van der Waals surface area contributed by atoms with E-state index in [1.807, 2.05) is 17.0 Å². The second kappa shape index (κ2) is 8.10. The summed E-state index contributed by atoms with van der Waals surface area (Å²) in [5, 5.41) is 8.41. The van der Waals surface area contributed by atoms with Crippen molar-refractivity contribution in [1.29, 1.82) is 0 Å². The fourth-order valence-electron chi connectivity index (χ4n) is 2.59. The van der Waals surface area contributed by atoms with Gasteiger partial charge in [-0.25, -0.2) is 0 Å². The average Bonchev–Trinajstić information content (AvgIpc) is 3.02. The molecule has 122 valence electrons. The molecule has 0 N–H and O–H groups in total. The first-order valence-corrected chi connectivity index (χ1v) is 8.96. The molecule has 0 aromatic carbocycles. The van der Waals surface area contributed by atoms with Gasteiger partial charge in [-0.15, -0.1) is 10.2 Å². The molecular formula is C16H20N4O2S. The Morgan fingerprint density at radius 2 is 1.96 bits per heavy atom. The Kier molecular flexibility index (Phi) is 5.63. The van der Waals surface area contributed by atoms with Gasteiger partial charge in [0.1, 0.15) is 0 Å². The van der Waals surface area contributed by atoms with Crippen LogP contribution in [0.3, 0.4) is 0 Å². The smallest absolute Gasteiger partial charge is 0.277 e. The SMILES string of the molecule is O=C(CSc1nnc(-c2cccnc2)o1)N1CCCCCCC1. The van der Waals surface area contributed by atoms with E-state index in [-0.39, 0.29) is 5.91 Å². The summed E-state index contributed by atoms with van der Waals surface area (Å²) >= 11 is 1.30. The molecule has 1 aliphatic rings. The molecule has 3 rings (SSSR count). The average molecular weight is 332 g/mol. The van der Waals surface area contributed by atoms with E-state index in [4.69, 9.17) is 4.42 Å². The van der Waals surface area contributed by atoms with Crippen molar-refractivity contribution >= 4 is 17.7 Å². The maximum absolute atomic E-state index is 12.3. The van der Waals surface area contributed by atoms with E-state index in [0.29, 0.717) is 16.9 Å². The normalized spacial score (nSPS) is 15.9. The fraction of sp³-hybridized carbons (Fsp3) is 0.500. The quantitative estimate of drug-likeness (QED) is 0.802. The number of hydrogen-bond donors (Lipinski definition) is 0. The molecule has 6 nitrogen and oxygen atoms in total. The van der Waals surface area contributed by atoms with Crippen LogP contribution in [0.5, 0.6) is 0 Å². The van der Waals surface area contributed by atoms with Crippen LogP contribution < -0.4 is 0 Å². The highest BCUT2D eigenvalue weighted by atomic mass is 32.2. The Bertz CT molecular complexity index is 624. The highest BCUT2D eigenvalue weighted by Gasteiger charge is 2.17. The van der Waals surface area contributed by atoms with E-state index in [1.165, 1.54) is 31.0 Å². The van der Waals surface area contributed by atoms with Gasteiger partial charge in [0.15, 0.2) is 0 Å². The Morgan fingerprint density at radius 3 is 2.70 bits per heavy atom. The Morgan fingerprint density at radius 1 is 1.17 bits per heavy atom. The largest absolute Gasteiger partial charge is 0.411 e. The third-order valence-corrected chi connectivity index (χ3v) is 4.65. The van der Waals surface area contributed by atoms with Gasteiger partial charge in [0, 0.05) is 25.5 Å². The summed E-state index contributed by atoms with van der Waals surface area (Å²) in [6.45, 7) is 1.73. The van der Waals surface area contributed by atoms with Crippen LogP contribution in [0.1, 0.15) is 32.1 Å². The molecule has 1 amide bonds. The molecule has 0 spiro atoms. The summed E-state index contributed by atoms with van der Waals surface area (Å²) in [4.78, 5) is 18.3. The first-order chi connectivity index (χ1) is 11.3. The molecule has 23 heavy (non-hydrogen) atoms.